The first-order chi connectivity index (χ1) is 5.29. The zero-order valence-electron chi connectivity index (χ0n) is 6.63. The Hall–Kier alpha value is -1.31. The van der Waals surface area contributed by atoms with Crippen molar-refractivity contribution in [2.24, 2.45) is 0 Å². The minimum absolute atomic E-state index is 0.233. The van der Waals surface area contributed by atoms with Crippen molar-refractivity contribution in [2.75, 3.05) is 7.11 Å². The topological polar surface area (TPSA) is 26.3 Å². The van der Waals surface area contributed by atoms with Crippen molar-refractivity contribution in [1.82, 2.24) is 0 Å². The number of hydrogen-bond acceptors (Lipinski definition) is 2. The van der Waals surface area contributed by atoms with Gasteiger partial charge in [-0.1, -0.05) is 12.1 Å². The molecule has 0 radical (unpaired) electrons. The van der Waals surface area contributed by atoms with Crippen molar-refractivity contribution >= 4 is 6.29 Å². The quantitative estimate of drug-likeness (QED) is 0.577. The van der Waals surface area contributed by atoms with Gasteiger partial charge in [0.15, 0.2) is 6.29 Å². The van der Waals surface area contributed by atoms with Gasteiger partial charge >= 0.3 is 0 Å². The highest BCUT2D eigenvalue weighted by Crippen LogP contribution is 2.13. The summed E-state index contributed by atoms with van der Waals surface area (Å²) in [5.41, 5.74) is 0.417. The van der Waals surface area contributed by atoms with Crippen molar-refractivity contribution < 1.29 is 10.9 Å². The van der Waals surface area contributed by atoms with E-state index in [-0.39, 0.29) is 6.04 Å². The molecular weight excluding hydrogens is 128 g/mol. The van der Waals surface area contributed by atoms with Gasteiger partial charge in [-0.3, -0.25) is 4.79 Å². The maximum absolute atomic E-state index is 10.4. The lowest BCUT2D eigenvalue weighted by Gasteiger charge is -1.99. The second kappa shape index (κ2) is 3.01. The smallest absolute Gasteiger partial charge is 0.153 e. The van der Waals surface area contributed by atoms with Crippen molar-refractivity contribution in [3.05, 3.63) is 29.8 Å². The van der Waals surface area contributed by atoms with Gasteiger partial charge in [0, 0.05) is 0 Å². The van der Waals surface area contributed by atoms with Crippen LogP contribution in [0.15, 0.2) is 24.2 Å². The fourth-order valence-corrected chi connectivity index (χ4v) is 0.704. The summed E-state index contributed by atoms with van der Waals surface area (Å²) in [5.74, 6) is 0.336. The van der Waals surface area contributed by atoms with Gasteiger partial charge in [-0.15, -0.1) is 0 Å². The first kappa shape index (κ1) is 5.47. The largest absolute Gasteiger partial charge is 0.496 e. The van der Waals surface area contributed by atoms with Gasteiger partial charge in [0.1, 0.15) is 5.75 Å². The van der Waals surface area contributed by atoms with Crippen LogP contribution < -0.4 is 4.74 Å². The molecule has 0 spiro atoms. The number of aldehydes is 1. The third kappa shape index (κ3) is 1.16. The third-order valence-corrected chi connectivity index (χ3v) is 1.18. The van der Waals surface area contributed by atoms with E-state index in [0.717, 1.165) is 0 Å². The van der Waals surface area contributed by atoms with Crippen LogP contribution in [0.1, 0.15) is 11.7 Å². The predicted octanol–water partition coefficient (Wildman–Crippen LogP) is 1.51. The molecule has 0 amide bonds. The van der Waals surface area contributed by atoms with E-state index in [1.54, 1.807) is 18.2 Å². The van der Waals surface area contributed by atoms with Crippen LogP contribution in [0.2, 0.25) is 0 Å². The molecule has 2 heteroatoms. The lowest BCUT2D eigenvalue weighted by molar-refractivity contribution is 0.112. The Bertz CT molecular complexity index is 271. The molecule has 0 unspecified atom stereocenters. The maximum Gasteiger partial charge on any atom is 0.153 e. The highest BCUT2D eigenvalue weighted by molar-refractivity contribution is 5.79. The molecule has 1 aromatic rings. The second-order valence-electron chi connectivity index (χ2n) is 1.78. The maximum atomic E-state index is 10.4. The van der Waals surface area contributed by atoms with E-state index < -0.39 is 0 Å². The Morgan fingerprint density at radius 1 is 1.70 bits per heavy atom. The molecule has 0 aliphatic heterocycles. The number of rotatable bonds is 2. The molecule has 0 aromatic heterocycles. The van der Waals surface area contributed by atoms with Crippen LogP contribution in [0.3, 0.4) is 0 Å². The SMILES string of the molecule is [2H]c1cccc(C=O)c1OC. The summed E-state index contributed by atoms with van der Waals surface area (Å²) in [6.45, 7) is 0. The van der Waals surface area contributed by atoms with Crippen LogP contribution in [0.25, 0.3) is 0 Å². The number of carbonyl (C=O) groups excluding carboxylic acids is 1. The zero-order chi connectivity index (χ0) is 8.27. The molecule has 0 atom stereocenters. The van der Waals surface area contributed by atoms with E-state index in [1.165, 1.54) is 7.11 Å². The van der Waals surface area contributed by atoms with Gasteiger partial charge in [-0.25, -0.2) is 0 Å². The molecule has 52 valence electrons. The van der Waals surface area contributed by atoms with E-state index in [0.29, 0.717) is 17.6 Å². The fourth-order valence-electron chi connectivity index (χ4n) is 0.704. The van der Waals surface area contributed by atoms with Crippen molar-refractivity contribution in [2.45, 2.75) is 0 Å². The molecule has 10 heavy (non-hydrogen) atoms. The number of benzene rings is 1. The predicted molar refractivity (Wildman–Crippen MR) is 38.4 cm³/mol. The molecule has 0 heterocycles. The number of ether oxygens (including phenoxy) is 1. The summed E-state index contributed by atoms with van der Waals surface area (Å²) >= 11 is 0. The molecule has 0 bridgehead atoms. The van der Waals surface area contributed by atoms with Crippen LogP contribution in [-0.2, 0) is 0 Å². The number of methoxy groups -OCH3 is 1. The lowest BCUT2D eigenvalue weighted by atomic mass is 10.2. The van der Waals surface area contributed by atoms with Gasteiger partial charge in [0.25, 0.3) is 0 Å². The van der Waals surface area contributed by atoms with Gasteiger partial charge < -0.3 is 4.74 Å². The van der Waals surface area contributed by atoms with E-state index >= 15 is 0 Å². The van der Waals surface area contributed by atoms with Crippen molar-refractivity contribution in [3.63, 3.8) is 0 Å². The van der Waals surface area contributed by atoms with E-state index in [9.17, 15) is 4.79 Å². The molecule has 0 fully saturated rings. The number of carbonyl (C=O) groups is 1. The Morgan fingerprint density at radius 3 is 3.00 bits per heavy atom. The third-order valence-electron chi connectivity index (χ3n) is 1.18. The summed E-state index contributed by atoms with van der Waals surface area (Å²) in [6.07, 6.45) is 0.677. The van der Waals surface area contributed by atoms with Crippen LogP contribution in [0.5, 0.6) is 5.75 Å². The van der Waals surface area contributed by atoms with Gasteiger partial charge in [-0.05, 0) is 12.1 Å². The van der Waals surface area contributed by atoms with Crippen molar-refractivity contribution in [3.8, 4) is 5.75 Å². The molecule has 0 aliphatic rings. The minimum Gasteiger partial charge on any atom is -0.496 e. The molecule has 1 rings (SSSR count). The van der Waals surface area contributed by atoms with Crippen LogP contribution in [0.4, 0.5) is 0 Å². The van der Waals surface area contributed by atoms with E-state index in [2.05, 4.69) is 0 Å². The Morgan fingerprint density at radius 2 is 2.50 bits per heavy atom. The van der Waals surface area contributed by atoms with Gasteiger partial charge in [0.05, 0.1) is 14.0 Å². The first-order valence-electron chi connectivity index (χ1n) is 3.38. The average Bonchev–Trinajstić information content (AvgIpc) is 2.04. The van der Waals surface area contributed by atoms with Crippen molar-refractivity contribution in [1.29, 1.82) is 0 Å². The highest BCUT2D eigenvalue weighted by atomic mass is 16.5. The minimum atomic E-state index is 0.233. The molecule has 0 aliphatic carbocycles. The van der Waals surface area contributed by atoms with Crippen LogP contribution in [0, 0.1) is 0 Å². The summed E-state index contributed by atoms with van der Waals surface area (Å²) in [6, 6.07) is 5.07. The Labute approximate surface area is 60.8 Å². The second-order valence-corrected chi connectivity index (χ2v) is 1.78. The molecule has 0 saturated carbocycles. The van der Waals surface area contributed by atoms with E-state index in [4.69, 9.17) is 6.11 Å². The fraction of sp³-hybridized carbons (Fsp3) is 0.125. The number of hydrogen-bond donors (Lipinski definition) is 0. The lowest BCUT2D eigenvalue weighted by Crippen LogP contribution is -1.88. The number of para-hydroxylation sites is 1. The average molecular weight is 137 g/mol. The standard InChI is InChI=1S/C8H8O2/c1-10-8-5-3-2-4-7(8)6-9/h2-6H,1H3/i5D. The molecule has 1 aromatic carbocycles. The first-order valence-corrected chi connectivity index (χ1v) is 2.88. The Balaban J connectivity index is 3.23. The molecule has 0 N–H and O–H groups in total. The normalized spacial score (nSPS) is 10.3. The van der Waals surface area contributed by atoms with Gasteiger partial charge in [-0.2, -0.15) is 0 Å². The molecule has 0 saturated heterocycles. The monoisotopic (exact) mass is 137 g/mol. The molecule has 2 nitrogen and oxygen atoms in total. The summed E-state index contributed by atoms with van der Waals surface area (Å²) in [4.78, 5) is 10.4. The zero-order valence-corrected chi connectivity index (χ0v) is 5.63. The van der Waals surface area contributed by atoms with Crippen LogP contribution in [-0.4, -0.2) is 13.4 Å². The highest BCUT2D eigenvalue weighted by Gasteiger charge is 1.96. The summed E-state index contributed by atoms with van der Waals surface area (Å²) < 4.78 is 12.2. The Kier molecular flexibility index (Phi) is 1.65. The van der Waals surface area contributed by atoms with Gasteiger partial charge in [0.2, 0.25) is 0 Å². The van der Waals surface area contributed by atoms with Crippen LogP contribution >= 0.6 is 0 Å². The molecular formula is C8H8O2. The van der Waals surface area contributed by atoms with E-state index in [1.807, 2.05) is 0 Å². The summed E-state index contributed by atoms with van der Waals surface area (Å²) in [7, 11) is 1.44. The summed E-state index contributed by atoms with van der Waals surface area (Å²) in [5, 5.41) is 0.